The van der Waals surface area contributed by atoms with E-state index in [-0.39, 0.29) is 12.1 Å². The maximum atomic E-state index is 12.2. The van der Waals surface area contributed by atoms with E-state index in [0.29, 0.717) is 0 Å². The van der Waals surface area contributed by atoms with Crippen LogP contribution in [0.3, 0.4) is 0 Å². The van der Waals surface area contributed by atoms with Gasteiger partial charge in [0, 0.05) is 30.2 Å². The summed E-state index contributed by atoms with van der Waals surface area (Å²) >= 11 is 0. The molecule has 0 aliphatic carbocycles. The third kappa shape index (κ3) is 3.56. The number of furan rings is 1. The molecule has 2 N–H and O–H groups in total. The molecule has 5 heteroatoms. The second-order valence-electron chi connectivity index (χ2n) is 6.24. The van der Waals surface area contributed by atoms with E-state index < -0.39 is 0 Å². The first-order valence-electron chi connectivity index (χ1n) is 7.96. The monoisotopic (exact) mass is 313 g/mol. The van der Waals surface area contributed by atoms with Crippen LogP contribution >= 0.6 is 0 Å². The molecule has 1 aromatic heterocycles. The molecule has 1 aliphatic heterocycles. The number of anilines is 1. The molecular formula is C18H23N3O2. The van der Waals surface area contributed by atoms with Crippen LogP contribution in [0.1, 0.15) is 18.9 Å². The standard InChI is InChI=1S/C18H23N3O2/c1-12-11-23-17-5-4-15(10-16(12)17)20-18(22)19-13(2)14-6-8-21(3)9-7-14/h4-6,10-11,13H,7-9H2,1-3H3,(H2,19,20,22). The van der Waals surface area contributed by atoms with Crippen LogP contribution in [0.2, 0.25) is 0 Å². The molecule has 1 unspecified atom stereocenters. The normalized spacial score (nSPS) is 16.9. The molecule has 3 rings (SSSR count). The third-order valence-corrected chi connectivity index (χ3v) is 4.38. The summed E-state index contributed by atoms with van der Waals surface area (Å²) in [7, 11) is 2.10. The number of amides is 2. The van der Waals surface area contributed by atoms with Crippen molar-refractivity contribution in [2.24, 2.45) is 0 Å². The Morgan fingerprint density at radius 2 is 2.22 bits per heavy atom. The highest BCUT2D eigenvalue weighted by Crippen LogP contribution is 2.24. The fraction of sp³-hybridized carbons (Fsp3) is 0.389. The van der Waals surface area contributed by atoms with E-state index in [1.807, 2.05) is 32.0 Å². The number of nitrogens with one attached hydrogen (secondary N) is 2. The molecule has 1 aromatic carbocycles. The molecule has 0 fully saturated rings. The summed E-state index contributed by atoms with van der Waals surface area (Å²) in [6.07, 6.45) is 4.93. The fourth-order valence-electron chi connectivity index (χ4n) is 2.87. The van der Waals surface area contributed by atoms with Crippen LogP contribution < -0.4 is 10.6 Å². The second kappa shape index (κ2) is 6.46. The van der Waals surface area contributed by atoms with Crippen molar-refractivity contribution in [1.29, 1.82) is 0 Å². The summed E-state index contributed by atoms with van der Waals surface area (Å²) in [4.78, 5) is 14.5. The third-order valence-electron chi connectivity index (χ3n) is 4.38. The summed E-state index contributed by atoms with van der Waals surface area (Å²) in [6.45, 7) is 6.00. The van der Waals surface area contributed by atoms with Gasteiger partial charge in [-0.15, -0.1) is 0 Å². The van der Waals surface area contributed by atoms with Gasteiger partial charge < -0.3 is 20.0 Å². The van der Waals surface area contributed by atoms with E-state index >= 15 is 0 Å². The van der Waals surface area contributed by atoms with E-state index in [0.717, 1.165) is 41.7 Å². The molecule has 2 aromatic rings. The highest BCUT2D eigenvalue weighted by Gasteiger charge is 2.16. The zero-order valence-corrected chi connectivity index (χ0v) is 13.8. The first kappa shape index (κ1) is 15.6. The highest BCUT2D eigenvalue weighted by atomic mass is 16.3. The summed E-state index contributed by atoms with van der Waals surface area (Å²) in [5, 5.41) is 6.93. The van der Waals surface area contributed by atoms with Crippen LogP contribution in [0.4, 0.5) is 10.5 Å². The molecule has 23 heavy (non-hydrogen) atoms. The van der Waals surface area contributed by atoms with Gasteiger partial charge in [0.2, 0.25) is 0 Å². The Morgan fingerprint density at radius 3 is 2.96 bits per heavy atom. The summed E-state index contributed by atoms with van der Waals surface area (Å²) in [5.74, 6) is 0. The number of fused-ring (bicyclic) bond motifs is 1. The summed E-state index contributed by atoms with van der Waals surface area (Å²) in [6, 6.07) is 5.53. The van der Waals surface area contributed by atoms with Crippen molar-refractivity contribution in [1.82, 2.24) is 10.2 Å². The molecule has 2 amide bonds. The highest BCUT2D eigenvalue weighted by molar-refractivity contribution is 5.93. The van der Waals surface area contributed by atoms with Gasteiger partial charge in [0.1, 0.15) is 5.58 Å². The van der Waals surface area contributed by atoms with Gasteiger partial charge in [0.15, 0.2) is 0 Å². The van der Waals surface area contributed by atoms with Crippen LogP contribution in [0.15, 0.2) is 40.5 Å². The molecular weight excluding hydrogens is 290 g/mol. The number of likely N-dealkylation sites (N-methyl/N-ethyl adjacent to an activating group) is 1. The maximum absolute atomic E-state index is 12.2. The van der Waals surface area contributed by atoms with Crippen molar-refractivity contribution in [2.75, 3.05) is 25.5 Å². The van der Waals surface area contributed by atoms with E-state index in [9.17, 15) is 4.79 Å². The van der Waals surface area contributed by atoms with Crippen LogP contribution in [-0.2, 0) is 0 Å². The first-order chi connectivity index (χ1) is 11.0. The minimum absolute atomic E-state index is 0.0445. The molecule has 0 saturated carbocycles. The summed E-state index contributed by atoms with van der Waals surface area (Å²) in [5.41, 5.74) is 3.95. The van der Waals surface area contributed by atoms with Gasteiger partial charge in [0.05, 0.1) is 6.26 Å². The van der Waals surface area contributed by atoms with Crippen molar-refractivity contribution >= 4 is 22.7 Å². The van der Waals surface area contributed by atoms with Gasteiger partial charge in [-0.3, -0.25) is 0 Å². The van der Waals surface area contributed by atoms with Gasteiger partial charge >= 0.3 is 6.03 Å². The molecule has 0 bridgehead atoms. The van der Waals surface area contributed by atoms with Gasteiger partial charge in [-0.05, 0) is 56.7 Å². The van der Waals surface area contributed by atoms with Gasteiger partial charge in [0.25, 0.3) is 0 Å². The molecule has 0 radical (unpaired) electrons. The number of carbonyl (C=O) groups excluding carboxylic acids is 1. The van der Waals surface area contributed by atoms with Crippen LogP contribution in [0.25, 0.3) is 11.0 Å². The lowest BCUT2D eigenvalue weighted by Crippen LogP contribution is -2.39. The quantitative estimate of drug-likeness (QED) is 0.853. The Labute approximate surface area is 136 Å². The van der Waals surface area contributed by atoms with Crippen LogP contribution in [0, 0.1) is 6.92 Å². The lowest BCUT2D eigenvalue weighted by molar-refractivity contribution is 0.250. The van der Waals surface area contributed by atoms with E-state index in [1.54, 1.807) is 6.26 Å². The molecule has 1 aliphatic rings. The van der Waals surface area contributed by atoms with Gasteiger partial charge in [-0.1, -0.05) is 6.08 Å². The van der Waals surface area contributed by atoms with E-state index in [2.05, 4.69) is 28.7 Å². The van der Waals surface area contributed by atoms with Crippen LogP contribution in [-0.4, -0.2) is 37.1 Å². The number of carbonyl (C=O) groups is 1. The average molecular weight is 313 g/mol. The number of benzene rings is 1. The van der Waals surface area contributed by atoms with Crippen molar-refractivity contribution in [3.8, 4) is 0 Å². The Balaban J connectivity index is 1.62. The first-order valence-corrected chi connectivity index (χ1v) is 7.96. The number of aryl methyl sites for hydroxylation is 1. The van der Waals surface area contributed by atoms with Crippen molar-refractivity contribution in [2.45, 2.75) is 26.3 Å². The number of rotatable bonds is 3. The fourth-order valence-corrected chi connectivity index (χ4v) is 2.87. The number of nitrogens with zero attached hydrogens (tertiary/aromatic N) is 1. The molecule has 1 atom stereocenters. The van der Waals surface area contributed by atoms with Crippen molar-refractivity contribution in [3.05, 3.63) is 41.7 Å². The average Bonchev–Trinajstić information content (AvgIpc) is 2.89. The minimum atomic E-state index is -0.183. The largest absolute Gasteiger partial charge is 0.464 e. The van der Waals surface area contributed by atoms with E-state index in [1.165, 1.54) is 5.57 Å². The van der Waals surface area contributed by atoms with E-state index in [4.69, 9.17) is 4.42 Å². The SMILES string of the molecule is Cc1coc2ccc(NC(=O)NC(C)C3=CCN(C)CC3)cc12. The Morgan fingerprint density at radius 1 is 1.39 bits per heavy atom. The maximum Gasteiger partial charge on any atom is 0.319 e. The van der Waals surface area contributed by atoms with Crippen molar-refractivity contribution in [3.63, 3.8) is 0 Å². The topological polar surface area (TPSA) is 57.5 Å². The molecule has 0 spiro atoms. The lowest BCUT2D eigenvalue weighted by atomic mass is 10.0. The zero-order valence-electron chi connectivity index (χ0n) is 13.8. The van der Waals surface area contributed by atoms with Gasteiger partial charge in [-0.25, -0.2) is 4.79 Å². The Bertz CT molecular complexity index is 748. The predicted molar refractivity (Wildman–Crippen MR) is 92.8 cm³/mol. The Kier molecular flexibility index (Phi) is 4.39. The molecule has 0 saturated heterocycles. The lowest BCUT2D eigenvalue weighted by Gasteiger charge is -2.26. The van der Waals surface area contributed by atoms with Gasteiger partial charge in [-0.2, -0.15) is 0 Å². The smallest absolute Gasteiger partial charge is 0.319 e. The Hall–Kier alpha value is -2.27. The molecule has 2 heterocycles. The number of hydrogen-bond donors (Lipinski definition) is 2. The number of urea groups is 1. The second-order valence-corrected chi connectivity index (χ2v) is 6.24. The van der Waals surface area contributed by atoms with Crippen molar-refractivity contribution < 1.29 is 9.21 Å². The number of hydrogen-bond acceptors (Lipinski definition) is 3. The van der Waals surface area contributed by atoms with Crippen LogP contribution in [0.5, 0.6) is 0 Å². The minimum Gasteiger partial charge on any atom is -0.464 e. The molecule has 5 nitrogen and oxygen atoms in total. The molecule has 122 valence electrons. The predicted octanol–water partition coefficient (Wildman–Crippen LogP) is 3.51. The summed E-state index contributed by atoms with van der Waals surface area (Å²) < 4.78 is 5.42. The zero-order chi connectivity index (χ0) is 16.4.